The number of nitrogens with zero attached hydrogens (tertiary/aromatic N) is 3. The Bertz CT molecular complexity index is 1070. The van der Waals surface area contributed by atoms with Gasteiger partial charge in [-0.2, -0.15) is 5.10 Å². The highest BCUT2D eigenvalue weighted by atomic mass is 79.9. The minimum Gasteiger partial charge on any atom is -0.326 e. The van der Waals surface area contributed by atoms with Crippen molar-refractivity contribution < 1.29 is 4.79 Å². The standard InChI is InChI=1S/C23H26BrN5O/c1-5-29-17(4)21(16(3)28-29)14-25-23(26-19-12-10-18(24)11-13-19)27-22(30)20-9-7-6-8-15(20)2/h6-13H,5,14H2,1-4H3,(H2,25,26,27,30). The van der Waals surface area contributed by atoms with Gasteiger partial charge >= 0.3 is 0 Å². The lowest BCUT2D eigenvalue weighted by molar-refractivity contribution is 0.0976. The number of rotatable bonds is 5. The van der Waals surface area contributed by atoms with Crippen molar-refractivity contribution in [3.05, 3.63) is 81.1 Å². The number of carbonyl (C=O) groups is 1. The molecule has 30 heavy (non-hydrogen) atoms. The minimum atomic E-state index is -0.200. The van der Waals surface area contributed by atoms with Gasteiger partial charge in [-0.15, -0.1) is 0 Å². The molecule has 0 spiro atoms. The van der Waals surface area contributed by atoms with E-state index < -0.39 is 0 Å². The van der Waals surface area contributed by atoms with Crippen LogP contribution in [0.3, 0.4) is 0 Å². The second kappa shape index (κ2) is 9.71. The zero-order valence-electron chi connectivity index (χ0n) is 17.7. The predicted octanol–water partition coefficient (Wildman–Crippen LogP) is 4.99. The van der Waals surface area contributed by atoms with Crippen molar-refractivity contribution in [2.75, 3.05) is 5.32 Å². The topological polar surface area (TPSA) is 71.3 Å². The molecule has 0 saturated carbocycles. The van der Waals surface area contributed by atoms with Crippen LogP contribution in [0.1, 0.15) is 39.8 Å². The van der Waals surface area contributed by atoms with Crippen molar-refractivity contribution in [1.82, 2.24) is 15.1 Å². The van der Waals surface area contributed by atoms with E-state index in [0.717, 1.165) is 39.2 Å². The smallest absolute Gasteiger partial charge is 0.258 e. The first-order valence-corrected chi connectivity index (χ1v) is 10.6. The first-order valence-electron chi connectivity index (χ1n) is 9.86. The van der Waals surface area contributed by atoms with Gasteiger partial charge in [0.2, 0.25) is 5.96 Å². The van der Waals surface area contributed by atoms with Gasteiger partial charge in [0.05, 0.1) is 12.2 Å². The monoisotopic (exact) mass is 467 g/mol. The lowest BCUT2D eigenvalue weighted by Crippen LogP contribution is -2.36. The van der Waals surface area contributed by atoms with Gasteiger partial charge in [-0.3, -0.25) is 14.8 Å². The van der Waals surface area contributed by atoms with Crippen LogP contribution >= 0.6 is 15.9 Å². The summed E-state index contributed by atoms with van der Waals surface area (Å²) in [5, 5.41) is 10.7. The maximum Gasteiger partial charge on any atom is 0.258 e. The molecule has 3 rings (SSSR count). The number of hydrogen-bond donors (Lipinski definition) is 2. The van der Waals surface area contributed by atoms with Crippen molar-refractivity contribution in [2.45, 2.75) is 40.8 Å². The third kappa shape index (κ3) is 5.16. The highest BCUT2D eigenvalue weighted by Gasteiger charge is 2.14. The fraction of sp³-hybridized carbons (Fsp3) is 0.261. The van der Waals surface area contributed by atoms with E-state index in [1.165, 1.54) is 0 Å². The molecule has 1 amide bonds. The zero-order valence-corrected chi connectivity index (χ0v) is 19.2. The van der Waals surface area contributed by atoms with E-state index in [0.29, 0.717) is 18.1 Å². The number of aromatic nitrogens is 2. The average molecular weight is 468 g/mol. The Balaban J connectivity index is 1.87. The number of amides is 1. The molecule has 0 aliphatic heterocycles. The van der Waals surface area contributed by atoms with Gasteiger partial charge in [0.1, 0.15) is 0 Å². The molecule has 6 nitrogen and oxygen atoms in total. The molecular formula is C23H26BrN5O. The second-order valence-corrected chi connectivity index (χ2v) is 7.95. The van der Waals surface area contributed by atoms with E-state index in [-0.39, 0.29) is 5.91 Å². The summed E-state index contributed by atoms with van der Waals surface area (Å²) in [4.78, 5) is 17.5. The molecular weight excluding hydrogens is 442 g/mol. The number of nitrogens with one attached hydrogen (secondary N) is 2. The van der Waals surface area contributed by atoms with Crippen LogP contribution in [0, 0.1) is 20.8 Å². The van der Waals surface area contributed by atoms with E-state index in [9.17, 15) is 4.79 Å². The van der Waals surface area contributed by atoms with Gasteiger partial charge in [-0.05, 0) is 63.6 Å². The molecule has 156 valence electrons. The first-order chi connectivity index (χ1) is 14.4. The van der Waals surface area contributed by atoms with Gasteiger partial charge in [-0.1, -0.05) is 34.1 Å². The fourth-order valence-electron chi connectivity index (χ4n) is 3.21. The molecule has 2 aromatic carbocycles. The molecule has 0 aliphatic carbocycles. The van der Waals surface area contributed by atoms with E-state index >= 15 is 0 Å². The molecule has 0 radical (unpaired) electrons. The van der Waals surface area contributed by atoms with Crippen LogP contribution in [0.4, 0.5) is 5.69 Å². The van der Waals surface area contributed by atoms with Crippen LogP contribution in [0.25, 0.3) is 0 Å². The Morgan fingerprint density at radius 2 is 1.80 bits per heavy atom. The van der Waals surface area contributed by atoms with E-state index in [1.807, 2.05) is 74.0 Å². The lowest BCUT2D eigenvalue weighted by atomic mass is 10.1. The Labute approximate surface area is 185 Å². The number of guanidine groups is 1. The van der Waals surface area contributed by atoms with Gasteiger partial charge in [0.25, 0.3) is 5.91 Å². The molecule has 7 heteroatoms. The average Bonchev–Trinajstić information content (AvgIpc) is 3.01. The van der Waals surface area contributed by atoms with E-state index in [2.05, 4.69) is 43.6 Å². The van der Waals surface area contributed by atoms with Crippen molar-refractivity contribution in [2.24, 2.45) is 4.99 Å². The van der Waals surface area contributed by atoms with Gasteiger partial charge in [0, 0.05) is 33.5 Å². The van der Waals surface area contributed by atoms with Crippen LogP contribution in [-0.4, -0.2) is 21.6 Å². The number of halogens is 1. The highest BCUT2D eigenvalue weighted by molar-refractivity contribution is 9.10. The summed E-state index contributed by atoms with van der Waals surface area (Å²) >= 11 is 3.44. The minimum absolute atomic E-state index is 0.200. The largest absolute Gasteiger partial charge is 0.326 e. The number of benzene rings is 2. The molecule has 0 saturated heterocycles. The van der Waals surface area contributed by atoms with Crippen LogP contribution in [0.15, 0.2) is 58.0 Å². The van der Waals surface area contributed by atoms with Crippen molar-refractivity contribution in [3.8, 4) is 0 Å². The Hall–Kier alpha value is -2.93. The number of aliphatic imine (C=N–C) groups is 1. The maximum absolute atomic E-state index is 12.9. The molecule has 1 aromatic heterocycles. The van der Waals surface area contributed by atoms with Crippen LogP contribution in [-0.2, 0) is 13.1 Å². The number of hydrogen-bond acceptors (Lipinski definition) is 3. The number of anilines is 1. The Morgan fingerprint density at radius 3 is 2.43 bits per heavy atom. The van der Waals surface area contributed by atoms with Gasteiger partial charge in [-0.25, -0.2) is 4.99 Å². The van der Waals surface area contributed by atoms with Crippen LogP contribution < -0.4 is 10.6 Å². The maximum atomic E-state index is 12.9. The third-order valence-electron chi connectivity index (χ3n) is 4.95. The summed E-state index contributed by atoms with van der Waals surface area (Å²) in [6.45, 7) is 9.24. The second-order valence-electron chi connectivity index (χ2n) is 7.03. The summed E-state index contributed by atoms with van der Waals surface area (Å²) in [5.41, 5.74) is 5.47. The van der Waals surface area contributed by atoms with Crippen molar-refractivity contribution in [1.29, 1.82) is 0 Å². The zero-order chi connectivity index (χ0) is 21.7. The number of aryl methyl sites for hydroxylation is 3. The highest BCUT2D eigenvalue weighted by Crippen LogP contribution is 2.16. The van der Waals surface area contributed by atoms with Crippen LogP contribution in [0.5, 0.6) is 0 Å². The molecule has 1 heterocycles. The SMILES string of the molecule is CCn1nc(C)c(CN=C(NC(=O)c2ccccc2C)Nc2ccc(Br)cc2)c1C. The summed E-state index contributed by atoms with van der Waals surface area (Å²) in [7, 11) is 0. The van der Waals surface area contributed by atoms with Crippen molar-refractivity contribution >= 4 is 33.5 Å². The number of carbonyl (C=O) groups excluding carboxylic acids is 1. The predicted molar refractivity (Wildman–Crippen MR) is 125 cm³/mol. The summed E-state index contributed by atoms with van der Waals surface area (Å²) in [6, 6.07) is 15.2. The van der Waals surface area contributed by atoms with E-state index in [1.54, 1.807) is 0 Å². The Morgan fingerprint density at radius 1 is 1.10 bits per heavy atom. The van der Waals surface area contributed by atoms with Gasteiger partial charge in [0.15, 0.2) is 0 Å². The van der Waals surface area contributed by atoms with Gasteiger partial charge < -0.3 is 5.32 Å². The molecule has 3 aromatic rings. The normalized spacial score (nSPS) is 11.4. The molecule has 0 atom stereocenters. The summed E-state index contributed by atoms with van der Waals surface area (Å²) in [6.07, 6.45) is 0. The molecule has 0 bridgehead atoms. The molecule has 2 N–H and O–H groups in total. The summed E-state index contributed by atoms with van der Waals surface area (Å²) < 4.78 is 2.95. The quantitative estimate of drug-likeness (QED) is 0.410. The van der Waals surface area contributed by atoms with Crippen molar-refractivity contribution in [3.63, 3.8) is 0 Å². The van der Waals surface area contributed by atoms with Crippen LogP contribution in [0.2, 0.25) is 0 Å². The lowest BCUT2D eigenvalue weighted by Gasteiger charge is -2.13. The molecule has 0 aliphatic rings. The first kappa shape index (κ1) is 21.8. The summed E-state index contributed by atoms with van der Waals surface area (Å²) in [5.74, 6) is 0.197. The Kier molecular flexibility index (Phi) is 7.05. The van der Waals surface area contributed by atoms with E-state index in [4.69, 9.17) is 0 Å². The fourth-order valence-corrected chi connectivity index (χ4v) is 3.48. The molecule has 0 fully saturated rings. The third-order valence-corrected chi connectivity index (χ3v) is 5.48. The molecule has 0 unspecified atom stereocenters.